The third-order valence-electron chi connectivity index (χ3n) is 2.95. The van der Waals surface area contributed by atoms with Crippen molar-refractivity contribution in [2.75, 3.05) is 0 Å². The van der Waals surface area contributed by atoms with Crippen LogP contribution in [-0.4, -0.2) is 14.8 Å². The number of sulfonamides is 1. The number of nitrogens with one attached hydrogen (secondary N) is 1. The van der Waals surface area contributed by atoms with Gasteiger partial charge in [-0.2, -0.15) is 0 Å². The van der Waals surface area contributed by atoms with E-state index < -0.39 is 50.8 Å². The average Bonchev–Trinajstić information content (AvgIpc) is 2.50. The highest BCUT2D eigenvalue weighted by Gasteiger charge is 2.31. The molecule has 0 aliphatic rings. The molecule has 1 N–H and O–H groups in total. The van der Waals surface area contributed by atoms with E-state index in [4.69, 9.17) is 11.6 Å². The van der Waals surface area contributed by atoms with Gasteiger partial charge in [0.15, 0.2) is 0 Å². The molecule has 0 radical (unpaired) electrons. The van der Waals surface area contributed by atoms with Crippen molar-refractivity contribution in [3.8, 4) is 5.75 Å². The summed E-state index contributed by atoms with van der Waals surface area (Å²) in [5.41, 5.74) is -0.590. The van der Waals surface area contributed by atoms with E-state index in [1.165, 1.54) is 0 Å². The standard InChI is InChI=1S/C14H9ClF5NO3S/c15-11-5-6-12(16)10(13(11)17)7-21-25(22,23)9-3-1-8(2-4-9)24-14(18,19)20/h1-6,21H,7H2. The predicted octanol–water partition coefficient (Wildman–Crippen LogP) is 4.00. The van der Waals surface area contributed by atoms with Crippen molar-refractivity contribution in [1.29, 1.82) is 0 Å². The van der Waals surface area contributed by atoms with Crippen molar-refractivity contribution in [3.05, 3.63) is 58.6 Å². The smallest absolute Gasteiger partial charge is 0.406 e. The zero-order valence-corrected chi connectivity index (χ0v) is 13.6. The van der Waals surface area contributed by atoms with Gasteiger partial charge in [-0.1, -0.05) is 11.6 Å². The Morgan fingerprint density at radius 2 is 1.64 bits per heavy atom. The molecule has 0 bridgehead atoms. The lowest BCUT2D eigenvalue weighted by atomic mass is 10.2. The van der Waals surface area contributed by atoms with Gasteiger partial charge in [-0.05, 0) is 36.4 Å². The number of hydrogen-bond donors (Lipinski definition) is 1. The second-order valence-corrected chi connectivity index (χ2v) is 6.84. The molecular formula is C14H9ClF5NO3S. The zero-order valence-electron chi connectivity index (χ0n) is 12.1. The monoisotopic (exact) mass is 401 g/mol. The van der Waals surface area contributed by atoms with Crippen molar-refractivity contribution in [1.82, 2.24) is 4.72 Å². The van der Waals surface area contributed by atoms with E-state index in [0.29, 0.717) is 0 Å². The quantitative estimate of drug-likeness (QED) is 0.608. The fraction of sp³-hybridized carbons (Fsp3) is 0.143. The second-order valence-electron chi connectivity index (χ2n) is 4.67. The lowest BCUT2D eigenvalue weighted by Crippen LogP contribution is -2.24. The summed E-state index contributed by atoms with van der Waals surface area (Å²) >= 11 is 5.50. The average molecular weight is 402 g/mol. The molecule has 0 spiro atoms. The molecule has 0 unspecified atom stereocenters. The van der Waals surface area contributed by atoms with Crippen molar-refractivity contribution < 1.29 is 35.1 Å². The fourth-order valence-electron chi connectivity index (χ4n) is 1.80. The normalized spacial score (nSPS) is 12.2. The molecule has 4 nitrogen and oxygen atoms in total. The summed E-state index contributed by atoms with van der Waals surface area (Å²) in [6.07, 6.45) is -4.92. The maximum atomic E-state index is 13.7. The van der Waals surface area contributed by atoms with Crippen LogP contribution in [0.1, 0.15) is 5.56 Å². The molecule has 25 heavy (non-hydrogen) atoms. The number of rotatable bonds is 5. The van der Waals surface area contributed by atoms with Gasteiger partial charge in [0.25, 0.3) is 0 Å². The van der Waals surface area contributed by atoms with E-state index in [9.17, 15) is 30.4 Å². The summed E-state index contributed by atoms with van der Waals surface area (Å²) < 4.78 is 93.1. The molecule has 0 atom stereocenters. The van der Waals surface area contributed by atoms with E-state index in [0.717, 1.165) is 36.4 Å². The molecule has 11 heteroatoms. The first-order valence-corrected chi connectivity index (χ1v) is 8.33. The summed E-state index contributed by atoms with van der Waals surface area (Å²) in [5.74, 6) is -2.73. The van der Waals surface area contributed by atoms with Crippen molar-refractivity contribution in [2.45, 2.75) is 17.8 Å². The van der Waals surface area contributed by atoms with E-state index in [2.05, 4.69) is 4.74 Å². The Balaban J connectivity index is 2.16. The van der Waals surface area contributed by atoms with E-state index in [1.54, 1.807) is 0 Å². The van der Waals surface area contributed by atoms with Gasteiger partial charge in [-0.15, -0.1) is 13.2 Å². The van der Waals surface area contributed by atoms with E-state index in [1.807, 2.05) is 4.72 Å². The zero-order chi connectivity index (χ0) is 18.8. The van der Waals surface area contributed by atoms with E-state index in [-0.39, 0.29) is 5.02 Å². The number of alkyl halides is 3. The van der Waals surface area contributed by atoms with Crippen molar-refractivity contribution in [2.24, 2.45) is 0 Å². The van der Waals surface area contributed by atoms with Gasteiger partial charge in [0, 0.05) is 12.1 Å². The van der Waals surface area contributed by atoms with Gasteiger partial charge in [0.05, 0.1) is 9.92 Å². The fourth-order valence-corrected chi connectivity index (χ4v) is 2.97. The molecule has 0 aromatic heterocycles. The molecule has 0 aliphatic heterocycles. The molecule has 2 rings (SSSR count). The van der Waals surface area contributed by atoms with Crippen LogP contribution in [0.4, 0.5) is 22.0 Å². The molecule has 2 aromatic carbocycles. The summed E-state index contributed by atoms with van der Waals surface area (Å²) in [5, 5.41) is -0.385. The first-order chi connectivity index (χ1) is 11.5. The molecule has 0 aliphatic carbocycles. The Morgan fingerprint density at radius 3 is 2.20 bits per heavy atom. The lowest BCUT2D eigenvalue weighted by molar-refractivity contribution is -0.274. The summed E-state index contributed by atoms with van der Waals surface area (Å²) in [6.45, 7) is -0.735. The highest BCUT2D eigenvalue weighted by molar-refractivity contribution is 7.89. The topological polar surface area (TPSA) is 55.4 Å². The summed E-state index contributed by atoms with van der Waals surface area (Å²) in [6, 6.07) is 5.15. The Labute approximate surface area is 144 Å². The van der Waals surface area contributed by atoms with Gasteiger partial charge in [-0.25, -0.2) is 21.9 Å². The first kappa shape index (κ1) is 19.4. The van der Waals surface area contributed by atoms with Crippen LogP contribution in [0.15, 0.2) is 41.3 Å². The largest absolute Gasteiger partial charge is 0.573 e. The van der Waals surface area contributed by atoms with Crippen LogP contribution in [0.2, 0.25) is 5.02 Å². The van der Waals surface area contributed by atoms with Crippen molar-refractivity contribution in [3.63, 3.8) is 0 Å². The maximum Gasteiger partial charge on any atom is 0.573 e. The molecule has 2 aromatic rings. The first-order valence-electron chi connectivity index (χ1n) is 6.47. The third-order valence-corrected chi connectivity index (χ3v) is 4.65. The molecule has 0 saturated heterocycles. The highest BCUT2D eigenvalue weighted by Crippen LogP contribution is 2.24. The maximum absolute atomic E-state index is 13.7. The number of halogens is 6. The third kappa shape index (κ3) is 5.03. The Morgan fingerprint density at radius 1 is 1.04 bits per heavy atom. The number of hydrogen-bond acceptors (Lipinski definition) is 3. The minimum Gasteiger partial charge on any atom is -0.406 e. The Hall–Kier alpha value is -1.91. The second kappa shape index (κ2) is 7.14. The number of ether oxygens (including phenoxy) is 1. The van der Waals surface area contributed by atoms with Gasteiger partial charge < -0.3 is 4.74 Å². The van der Waals surface area contributed by atoms with Crippen LogP contribution in [0, 0.1) is 11.6 Å². The van der Waals surface area contributed by atoms with Crippen LogP contribution in [0.25, 0.3) is 0 Å². The minimum atomic E-state index is -4.92. The Bertz CT molecular complexity index is 869. The van der Waals surface area contributed by atoms with Crippen LogP contribution >= 0.6 is 11.6 Å². The molecule has 0 saturated carbocycles. The predicted molar refractivity (Wildman–Crippen MR) is 78.5 cm³/mol. The molecular weight excluding hydrogens is 393 g/mol. The van der Waals surface area contributed by atoms with Gasteiger partial charge in [0.2, 0.25) is 10.0 Å². The SMILES string of the molecule is O=S(=O)(NCc1c(F)ccc(Cl)c1F)c1ccc(OC(F)(F)F)cc1. The molecule has 0 heterocycles. The van der Waals surface area contributed by atoms with E-state index >= 15 is 0 Å². The van der Waals surface area contributed by atoms with Crippen LogP contribution in [0.5, 0.6) is 5.75 Å². The molecule has 0 fully saturated rings. The van der Waals surface area contributed by atoms with Crippen LogP contribution in [-0.2, 0) is 16.6 Å². The Kier molecular flexibility index (Phi) is 5.55. The molecule has 136 valence electrons. The molecule has 0 amide bonds. The van der Waals surface area contributed by atoms with Gasteiger partial charge >= 0.3 is 6.36 Å². The number of benzene rings is 2. The highest BCUT2D eigenvalue weighted by atomic mass is 35.5. The minimum absolute atomic E-state index is 0.385. The van der Waals surface area contributed by atoms with Crippen LogP contribution < -0.4 is 9.46 Å². The summed E-state index contributed by atoms with van der Waals surface area (Å²) in [4.78, 5) is -0.412. The van der Waals surface area contributed by atoms with Crippen molar-refractivity contribution >= 4 is 21.6 Å². The van der Waals surface area contributed by atoms with Gasteiger partial charge in [-0.3, -0.25) is 0 Å². The summed E-state index contributed by atoms with van der Waals surface area (Å²) in [7, 11) is -4.23. The van der Waals surface area contributed by atoms with Gasteiger partial charge in [0.1, 0.15) is 17.4 Å². The lowest BCUT2D eigenvalue weighted by Gasteiger charge is -2.11. The van der Waals surface area contributed by atoms with Crippen LogP contribution in [0.3, 0.4) is 0 Å².